The Morgan fingerprint density at radius 2 is 2.10 bits per heavy atom. The molecule has 0 amide bonds. The second-order valence-electron chi connectivity index (χ2n) is 5.12. The zero-order chi connectivity index (χ0) is 14.6. The van der Waals surface area contributed by atoms with E-state index in [1.165, 1.54) is 0 Å². The van der Waals surface area contributed by atoms with E-state index in [-0.39, 0.29) is 0 Å². The molecule has 0 aliphatic heterocycles. The summed E-state index contributed by atoms with van der Waals surface area (Å²) in [5.74, 6) is 1.20. The van der Waals surface area contributed by atoms with Crippen LogP contribution in [0.15, 0.2) is 23.1 Å². The molecule has 2 N–H and O–H groups in total. The van der Waals surface area contributed by atoms with Crippen molar-refractivity contribution in [3.63, 3.8) is 0 Å². The zero-order valence-electron chi connectivity index (χ0n) is 12.0. The Balaban J connectivity index is 2.22. The Labute approximate surface area is 120 Å². The summed E-state index contributed by atoms with van der Waals surface area (Å²) in [6, 6.07) is 5.11. The van der Waals surface area contributed by atoms with Crippen molar-refractivity contribution in [1.29, 1.82) is 0 Å². The van der Waals surface area contributed by atoms with E-state index < -0.39 is 10.0 Å². The van der Waals surface area contributed by atoms with Crippen molar-refractivity contribution in [2.75, 3.05) is 27.2 Å². The summed E-state index contributed by atoms with van der Waals surface area (Å²) < 4.78 is 32.6. The average Bonchev–Trinajstić information content (AvgIpc) is 3.26. The molecule has 0 bridgehead atoms. The molecular weight excluding hydrogens is 276 g/mol. The van der Waals surface area contributed by atoms with Gasteiger partial charge in [-0.3, -0.25) is 0 Å². The van der Waals surface area contributed by atoms with Crippen LogP contribution in [0.4, 0.5) is 0 Å². The van der Waals surface area contributed by atoms with Crippen molar-refractivity contribution >= 4 is 10.0 Å². The predicted octanol–water partition coefficient (Wildman–Crippen LogP) is 1.15. The maximum atomic E-state index is 12.4. The van der Waals surface area contributed by atoms with Crippen molar-refractivity contribution in [2.45, 2.75) is 24.2 Å². The first kappa shape index (κ1) is 15.3. The molecule has 0 aromatic heterocycles. The molecule has 1 saturated carbocycles. The molecule has 1 aliphatic carbocycles. The van der Waals surface area contributed by atoms with Gasteiger partial charge in [-0.25, -0.2) is 13.1 Å². The van der Waals surface area contributed by atoms with E-state index in [4.69, 9.17) is 4.74 Å². The van der Waals surface area contributed by atoms with Crippen LogP contribution in [0.5, 0.6) is 5.75 Å². The van der Waals surface area contributed by atoms with Crippen molar-refractivity contribution in [2.24, 2.45) is 5.92 Å². The highest BCUT2D eigenvalue weighted by Gasteiger charge is 2.25. The number of ether oxygens (including phenoxy) is 1. The summed E-state index contributed by atoms with van der Waals surface area (Å²) in [6.07, 6.45) is 2.89. The molecule has 20 heavy (non-hydrogen) atoms. The fraction of sp³-hybridized carbons (Fsp3) is 0.571. The lowest BCUT2D eigenvalue weighted by molar-refractivity contribution is 0.413. The number of sulfonamides is 1. The number of likely N-dealkylation sites (N-methyl/N-ethyl adjacent to an activating group) is 1. The minimum Gasteiger partial charge on any atom is -0.497 e. The van der Waals surface area contributed by atoms with E-state index >= 15 is 0 Å². The molecule has 0 radical (unpaired) electrons. The molecule has 1 aliphatic rings. The smallest absolute Gasteiger partial charge is 0.240 e. The number of hydrogen-bond acceptors (Lipinski definition) is 4. The van der Waals surface area contributed by atoms with Gasteiger partial charge in [-0.15, -0.1) is 0 Å². The topological polar surface area (TPSA) is 67.4 Å². The Morgan fingerprint density at radius 1 is 1.35 bits per heavy atom. The Morgan fingerprint density at radius 3 is 2.70 bits per heavy atom. The third-order valence-corrected chi connectivity index (χ3v) is 4.98. The number of methoxy groups -OCH3 is 1. The van der Waals surface area contributed by atoms with Crippen LogP contribution in [0.25, 0.3) is 0 Å². The normalized spacial score (nSPS) is 15.3. The SMILES string of the molecule is CNCCc1cc(OC)ccc1S(=O)(=O)NCC1CC1. The summed E-state index contributed by atoms with van der Waals surface area (Å²) in [7, 11) is -0.00775. The molecule has 6 heteroatoms. The van der Waals surface area contributed by atoms with E-state index in [1.807, 2.05) is 7.05 Å². The molecule has 112 valence electrons. The van der Waals surface area contributed by atoms with Crippen LogP contribution >= 0.6 is 0 Å². The van der Waals surface area contributed by atoms with Gasteiger partial charge in [0.1, 0.15) is 5.75 Å². The number of hydrogen-bond donors (Lipinski definition) is 2. The molecule has 5 nitrogen and oxygen atoms in total. The first-order valence-corrected chi connectivity index (χ1v) is 8.36. The fourth-order valence-electron chi connectivity index (χ4n) is 2.03. The summed E-state index contributed by atoms with van der Waals surface area (Å²) in [5, 5.41) is 3.04. The van der Waals surface area contributed by atoms with Gasteiger partial charge < -0.3 is 10.1 Å². The van der Waals surface area contributed by atoms with Gasteiger partial charge in [0.15, 0.2) is 0 Å². The van der Waals surface area contributed by atoms with Gasteiger partial charge in [0, 0.05) is 6.54 Å². The van der Waals surface area contributed by atoms with Crippen LogP contribution in [0.3, 0.4) is 0 Å². The minimum atomic E-state index is -3.43. The second-order valence-corrected chi connectivity index (χ2v) is 6.86. The highest BCUT2D eigenvalue weighted by Crippen LogP contribution is 2.29. The van der Waals surface area contributed by atoms with E-state index in [9.17, 15) is 8.42 Å². The van der Waals surface area contributed by atoms with Crippen LogP contribution < -0.4 is 14.8 Å². The quantitative estimate of drug-likeness (QED) is 0.755. The molecule has 2 rings (SSSR count). The summed E-state index contributed by atoms with van der Waals surface area (Å²) >= 11 is 0. The molecule has 0 spiro atoms. The second kappa shape index (κ2) is 6.56. The summed E-state index contributed by atoms with van der Waals surface area (Å²) in [5.41, 5.74) is 0.780. The van der Waals surface area contributed by atoms with Crippen LogP contribution in [-0.4, -0.2) is 35.7 Å². The molecule has 1 aromatic rings. The van der Waals surface area contributed by atoms with Gasteiger partial charge in [0.25, 0.3) is 0 Å². The minimum absolute atomic E-state index is 0.356. The van der Waals surface area contributed by atoms with Crippen molar-refractivity contribution in [3.8, 4) is 5.75 Å². The maximum absolute atomic E-state index is 12.4. The van der Waals surface area contributed by atoms with E-state index in [1.54, 1.807) is 25.3 Å². The zero-order valence-corrected chi connectivity index (χ0v) is 12.8. The van der Waals surface area contributed by atoms with Gasteiger partial charge in [0.2, 0.25) is 10.0 Å². The van der Waals surface area contributed by atoms with Crippen LogP contribution in [0.1, 0.15) is 18.4 Å². The van der Waals surface area contributed by atoms with Crippen molar-refractivity contribution in [3.05, 3.63) is 23.8 Å². The fourth-order valence-corrected chi connectivity index (χ4v) is 3.39. The third-order valence-electron chi connectivity index (χ3n) is 3.46. The lowest BCUT2D eigenvalue weighted by atomic mass is 10.1. The molecule has 0 unspecified atom stereocenters. The van der Waals surface area contributed by atoms with Gasteiger partial charge in [-0.2, -0.15) is 0 Å². The lowest BCUT2D eigenvalue weighted by Gasteiger charge is -2.13. The highest BCUT2D eigenvalue weighted by molar-refractivity contribution is 7.89. The molecule has 0 atom stereocenters. The first-order chi connectivity index (χ1) is 9.56. The van der Waals surface area contributed by atoms with Gasteiger partial charge in [-0.1, -0.05) is 0 Å². The molecular formula is C14H22N2O3S. The Hall–Kier alpha value is -1.11. The van der Waals surface area contributed by atoms with Crippen LogP contribution in [-0.2, 0) is 16.4 Å². The molecule has 0 heterocycles. The summed E-state index contributed by atoms with van der Waals surface area (Å²) in [4.78, 5) is 0.356. The Kier molecular flexibility index (Phi) is 5.01. The highest BCUT2D eigenvalue weighted by atomic mass is 32.2. The summed E-state index contributed by atoms with van der Waals surface area (Å²) in [6.45, 7) is 1.26. The standard InChI is InChI=1S/C14H22N2O3S/c1-15-8-7-12-9-13(19-2)5-6-14(12)20(17,18)16-10-11-3-4-11/h5-6,9,11,15-16H,3-4,7-8,10H2,1-2H3. The number of benzene rings is 1. The average molecular weight is 298 g/mol. The monoisotopic (exact) mass is 298 g/mol. The number of nitrogens with one attached hydrogen (secondary N) is 2. The van der Waals surface area contributed by atoms with Crippen LogP contribution in [0.2, 0.25) is 0 Å². The van der Waals surface area contributed by atoms with Gasteiger partial charge in [-0.05, 0) is 62.5 Å². The largest absolute Gasteiger partial charge is 0.497 e. The molecule has 0 saturated heterocycles. The third kappa shape index (κ3) is 3.94. The predicted molar refractivity (Wildman–Crippen MR) is 78.5 cm³/mol. The van der Waals surface area contributed by atoms with Crippen molar-refractivity contribution < 1.29 is 13.2 Å². The first-order valence-electron chi connectivity index (χ1n) is 6.88. The molecule has 1 aromatic carbocycles. The van der Waals surface area contributed by atoms with Gasteiger partial charge in [0.05, 0.1) is 12.0 Å². The van der Waals surface area contributed by atoms with Gasteiger partial charge >= 0.3 is 0 Å². The maximum Gasteiger partial charge on any atom is 0.240 e. The van der Waals surface area contributed by atoms with Crippen LogP contribution in [0, 0.1) is 5.92 Å². The Bertz CT molecular complexity index is 554. The molecule has 1 fully saturated rings. The van der Waals surface area contributed by atoms with E-state index in [0.29, 0.717) is 29.5 Å². The van der Waals surface area contributed by atoms with E-state index in [0.717, 1.165) is 24.9 Å². The number of rotatable bonds is 8. The lowest BCUT2D eigenvalue weighted by Crippen LogP contribution is -2.27. The van der Waals surface area contributed by atoms with E-state index in [2.05, 4.69) is 10.0 Å². The van der Waals surface area contributed by atoms with Crippen molar-refractivity contribution in [1.82, 2.24) is 10.0 Å².